The summed E-state index contributed by atoms with van der Waals surface area (Å²) in [4.78, 5) is 24.6. The van der Waals surface area contributed by atoms with Crippen LogP contribution in [0, 0.1) is 12.8 Å². The largest absolute Gasteiger partial charge is 0.493 e. The number of nitrogens with one attached hydrogen (secondary N) is 1. The number of ether oxygens (including phenoxy) is 1. The normalized spacial score (nSPS) is 15.3. The Bertz CT molecular complexity index is 539. The van der Waals surface area contributed by atoms with Crippen molar-refractivity contribution < 1.29 is 19.4 Å². The molecule has 1 saturated heterocycles. The Morgan fingerprint density at radius 2 is 2.00 bits per heavy atom. The first-order chi connectivity index (χ1) is 11.1. The Hall–Kier alpha value is -2.24. The van der Waals surface area contributed by atoms with E-state index in [0.29, 0.717) is 39.1 Å². The molecule has 0 atom stereocenters. The monoisotopic (exact) mass is 320 g/mol. The molecule has 126 valence electrons. The molecular weight excluding hydrogens is 296 g/mol. The fourth-order valence-corrected chi connectivity index (χ4v) is 2.61. The maximum atomic E-state index is 12.0. The maximum Gasteiger partial charge on any atom is 0.317 e. The summed E-state index contributed by atoms with van der Waals surface area (Å²) in [5.41, 5.74) is 1.10. The Balaban J connectivity index is 1.60. The summed E-state index contributed by atoms with van der Waals surface area (Å²) in [5, 5.41) is 11.8. The smallest absolute Gasteiger partial charge is 0.317 e. The van der Waals surface area contributed by atoms with E-state index in [0.717, 1.165) is 17.7 Å². The lowest BCUT2D eigenvalue weighted by Crippen LogP contribution is -2.45. The van der Waals surface area contributed by atoms with Crippen LogP contribution in [0.25, 0.3) is 0 Å². The fourth-order valence-electron chi connectivity index (χ4n) is 2.61. The number of urea groups is 1. The number of para-hydroxylation sites is 1. The molecule has 0 unspecified atom stereocenters. The standard InChI is InChI=1S/C17H24N2O4/c1-13-5-2-3-6-15(13)23-12-4-9-18-17(22)19-10-7-14(8-11-19)16(20)21/h2-3,5-6,14H,4,7-12H2,1H3,(H,18,22)(H,20,21). The number of aliphatic carboxylic acids is 1. The molecule has 0 radical (unpaired) electrons. The number of carboxylic acid groups (broad SMARTS) is 1. The second-order valence-electron chi connectivity index (χ2n) is 5.80. The average molecular weight is 320 g/mol. The van der Waals surface area contributed by atoms with E-state index in [4.69, 9.17) is 9.84 Å². The average Bonchev–Trinajstić information content (AvgIpc) is 2.56. The number of likely N-dealkylation sites (tertiary alicyclic amines) is 1. The van der Waals surface area contributed by atoms with E-state index in [1.54, 1.807) is 4.90 Å². The van der Waals surface area contributed by atoms with Crippen LogP contribution < -0.4 is 10.1 Å². The number of benzene rings is 1. The fraction of sp³-hybridized carbons (Fsp3) is 0.529. The second-order valence-corrected chi connectivity index (χ2v) is 5.80. The molecule has 6 heteroatoms. The van der Waals surface area contributed by atoms with Crippen LogP contribution in [-0.4, -0.2) is 48.2 Å². The molecule has 0 saturated carbocycles. The van der Waals surface area contributed by atoms with Crippen molar-refractivity contribution in [1.29, 1.82) is 0 Å². The molecule has 1 heterocycles. The molecule has 0 bridgehead atoms. The molecule has 1 aliphatic heterocycles. The highest BCUT2D eigenvalue weighted by molar-refractivity contribution is 5.75. The van der Waals surface area contributed by atoms with Crippen LogP contribution in [0.5, 0.6) is 5.75 Å². The summed E-state index contributed by atoms with van der Waals surface area (Å²) in [6, 6.07) is 7.71. The van der Waals surface area contributed by atoms with Gasteiger partial charge in [0.1, 0.15) is 5.75 Å². The zero-order valence-electron chi connectivity index (χ0n) is 13.5. The number of piperidine rings is 1. The van der Waals surface area contributed by atoms with Gasteiger partial charge in [0.05, 0.1) is 12.5 Å². The van der Waals surface area contributed by atoms with Crippen molar-refractivity contribution in [1.82, 2.24) is 10.2 Å². The molecule has 0 aromatic heterocycles. The lowest BCUT2D eigenvalue weighted by atomic mass is 9.97. The van der Waals surface area contributed by atoms with Crippen molar-refractivity contribution in [3.63, 3.8) is 0 Å². The van der Waals surface area contributed by atoms with Gasteiger partial charge in [-0.1, -0.05) is 18.2 Å². The molecule has 2 rings (SSSR count). The van der Waals surface area contributed by atoms with Crippen LogP contribution in [0.4, 0.5) is 4.79 Å². The van der Waals surface area contributed by atoms with Crippen LogP contribution in [0.2, 0.25) is 0 Å². The van der Waals surface area contributed by atoms with Gasteiger partial charge in [0.2, 0.25) is 0 Å². The van der Waals surface area contributed by atoms with Crippen molar-refractivity contribution in [2.75, 3.05) is 26.2 Å². The number of hydrogen-bond acceptors (Lipinski definition) is 3. The zero-order valence-corrected chi connectivity index (χ0v) is 13.5. The summed E-state index contributed by atoms with van der Waals surface area (Å²) >= 11 is 0. The minimum absolute atomic E-state index is 0.121. The van der Waals surface area contributed by atoms with E-state index < -0.39 is 5.97 Å². The van der Waals surface area contributed by atoms with E-state index in [-0.39, 0.29) is 11.9 Å². The molecule has 1 fully saturated rings. The summed E-state index contributed by atoms with van der Waals surface area (Å²) in [5.74, 6) is -0.213. The predicted octanol–water partition coefficient (Wildman–Crippen LogP) is 2.27. The first-order valence-corrected chi connectivity index (χ1v) is 8.02. The Kier molecular flexibility index (Phi) is 6.26. The molecule has 1 aliphatic rings. The molecule has 1 aromatic rings. The molecule has 6 nitrogen and oxygen atoms in total. The number of aryl methyl sites for hydroxylation is 1. The van der Waals surface area contributed by atoms with Gasteiger partial charge in [0, 0.05) is 19.6 Å². The van der Waals surface area contributed by atoms with Crippen molar-refractivity contribution in [3.05, 3.63) is 29.8 Å². The number of rotatable bonds is 6. The third-order valence-corrected chi connectivity index (χ3v) is 4.08. The summed E-state index contributed by atoms with van der Waals surface area (Å²) in [6.07, 6.45) is 1.78. The van der Waals surface area contributed by atoms with Gasteiger partial charge in [0.25, 0.3) is 0 Å². The Morgan fingerprint density at radius 1 is 1.30 bits per heavy atom. The van der Waals surface area contributed by atoms with Crippen LogP contribution >= 0.6 is 0 Å². The SMILES string of the molecule is Cc1ccccc1OCCCNC(=O)N1CCC(C(=O)O)CC1. The molecule has 0 aliphatic carbocycles. The van der Waals surface area contributed by atoms with Crippen molar-refractivity contribution in [2.24, 2.45) is 5.92 Å². The first kappa shape index (κ1) is 17.1. The maximum absolute atomic E-state index is 12.0. The van der Waals surface area contributed by atoms with Gasteiger partial charge < -0.3 is 20.1 Å². The minimum atomic E-state index is -0.765. The van der Waals surface area contributed by atoms with Crippen molar-refractivity contribution >= 4 is 12.0 Å². The molecule has 0 spiro atoms. The Labute approximate surface area is 136 Å². The molecule has 2 N–H and O–H groups in total. The quantitative estimate of drug-likeness (QED) is 0.788. The lowest BCUT2D eigenvalue weighted by Gasteiger charge is -2.30. The molecule has 1 aromatic carbocycles. The third-order valence-electron chi connectivity index (χ3n) is 4.08. The van der Waals surface area contributed by atoms with Crippen LogP contribution in [0.3, 0.4) is 0 Å². The van der Waals surface area contributed by atoms with Gasteiger partial charge in [-0.25, -0.2) is 4.79 Å². The van der Waals surface area contributed by atoms with Crippen LogP contribution in [0.1, 0.15) is 24.8 Å². The van der Waals surface area contributed by atoms with E-state index in [9.17, 15) is 9.59 Å². The van der Waals surface area contributed by atoms with E-state index >= 15 is 0 Å². The predicted molar refractivity (Wildman–Crippen MR) is 86.6 cm³/mol. The number of carbonyl (C=O) groups is 2. The first-order valence-electron chi connectivity index (χ1n) is 8.02. The van der Waals surface area contributed by atoms with Crippen LogP contribution in [-0.2, 0) is 4.79 Å². The van der Waals surface area contributed by atoms with Crippen molar-refractivity contribution in [2.45, 2.75) is 26.2 Å². The number of hydrogen-bond donors (Lipinski definition) is 2. The summed E-state index contributed by atoms with van der Waals surface area (Å²) in [7, 11) is 0. The number of nitrogens with zero attached hydrogens (tertiary/aromatic N) is 1. The summed E-state index contributed by atoms with van der Waals surface area (Å²) < 4.78 is 5.67. The van der Waals surface area contributed by atoms with Crippen molar-refractivity contribution in [3.8, 4) is 5.75 Å². The highest BCUT2D eigenvalue weighted by atomic mass is 16.5. The zero-order chi connectivity index (χ0) is 16.7. The Morgan fingerprint density at radius 3 is 2.65 bits per heavy atom. The number of carbonyl (C=O) groups excluding carboxylic acids is 1. The van der Waals surface area contributed by atoms with Crippen LogP contribution in [0.15, 0.2) is 24.3 Å². The van der Waals surface area contributed by atoms with Gasteiger partial charge in [-0.2, -0.15) is 0 Å². The minimum Gasteiger partial charge on any atom is -0.493 e. The van der Waals surface area contributed by atoms with Gasteiger partial charge in [-0.15, -0.1) is 0 Å². The van der Waals surface area contributed by atoms with Gasteiger partial charge in [0.15, 0.2) is 0 Å². The second kappa shape index (κ2) is 8.41. The lowest BCUT2D eigenvalue weighted by molar-refractivity contribution is -0.143. The topological polar surface area (TPSA) is 78.9 Å². The summed E-state index contributed by atoms with van der Waals surface area (Å²) in [6.45, 7) is 4.10. The van der Waals surface area contributed by atoms with Gasteiger partial charge in [-0.05, 0) is 37.8 Å². The molecule has 23 heavy (non-hydrogen) atoms. The van der Waals surface area contributed by atoms with E-state index in [2.05, 4.69) is 5.32 Å². The molecule has 2 amide bonds. The highest BCUT2D eigenvalue weighted by Gasteiger charge is 2.26. The highest BCUT2D eigenvalue weighted by Crippen LogP contribution is 2.17. The van der Waals surface area contributed by atoms with Gasteiger partial charge in [-0.3, -0.25) is 4.79 Å². The van der Waals surface area contributed by atoms with Gasteiger partial charge >= 0.3 is 12.0 Å². The van der Waals surface area contributed by atoms with E-state index in [1.165, 1.54) is 0 Å². The number of amides is 2. The van der Waals surface area contributed by atoms with E-state index in [1.807, 2.05) is 31.2 Å². The number of carboxylic acids is 1. The third kappa shape index (κ3) is 5.16. The molecular formula is C17H24N2O4.